The van der Waals surface area contributed by atoms with Gasteiger partial charge in [0.05, 0.1) is 11.3 Å². The normalized spacial score (nSPS) is 10.2. The summed E-state index contributed by atoms with van der Waals surface area (Å²) in [6.45, 7) is 1.82. The fourth-order valence-corrected chi connectivity index (χ4v) is 1.55. The van der Waals surface area contributed by atoms with Crippen LogP contribution in [0.1, 0.15) is 16.1 Å². The number of anilines is 1. The van der Waals surface area contributed by atoms with Gasteiger partial charge in [-0.25, -0.2) is 4.39 Å². The Labute approximate surface area is 109 Å². The molecule has 1 aromatic heterocycles. The number of halogens is 2. The molecule has 0 atom stereocenters. The van der Waals surface area contributed by atoms with Gasteiger partial charge in [-0.05, 0) is 37.3 Å². The average Bonchev–Trinajstić information content (AvgIpc) is 2.33. The van der Waals surface area contributed by atoms with Crippen molar-refractivity contribution in [1.29, 1.82) is 0 Å². The molecule has 0 saturated heterocycles. The molecular weight excluding hydrogens is 255 g/mol. The number of aromatic nitrogens is 1. The number of hydrogen-bond acceptors (Lipinski definition) is 2. The highest BCUT2D eigenvalue weighted by Gasteiger charge is 2.09. The molecule has 0 aliphatic heterocycles. The molecule has 1 N–H and O–H groups in total. The average molecular weight is 265 g/mol. The third-order valence-corrected chi connectivity index (χ3v) is 2.59. The zero-order valence-corrected chi connectivity index (χ0v) is 10.3. The third-order valence-electron chi connectivity index (χ3n) is 2.35. The van der Waals surface area contributed by atoms with Crippen molar-refractivity contribution in [3.05, 3.63) is 58.6 Å². The molecule has 0 radical (unpaired) electrons. The second kappa shape index (κ2) is 5.14. The molecule has 18 heavy (non-hydrogen) atoms. The van der Waals surface area contributed by atoms with Crippen LogP contribution in [0.5, 0.6) is 0 Å². The van der Waals surface area contributed by atoms with Crippen LogP contribution < -0.4 is 5.32 Å². The summed E-state index contributed by atoms with van der Waals surface area (Å²) in [5, 5.41) is 2.74. The number of hydrogen-bond donors (Lipinski definition) is 1. The summed E-state index contributed by atoms with van der Waals surface area (Å²) >= 11 is 5.63. The lowest BCUT2D eigenvalue weighted by atomic mass is 10.2. The second-order valence-corrected chi connectivity index (χ2v) is 4.20. The van der Waals surface area contributed by atoms with Gasteiger partial charge in [-0.15, -0.1) is 0 Å². The van der Waals surface area contributed by atoms with Crippen molar-refractivity contribution in [2.24, 2.45) is 0 Å². The van der Waals surface area contributed by atoms with Gasteiger partial charge in [0.1, 0.15) is 5.82 Å². The number of amides is 1. The van der Waals surface area contributed by atoms with E-state index in [9.17, 15) is 9.18 Å². The monoisotopic (exact) mass is 264 g/mol. The first-order valence-electron chi connectivity index (χ1n) is 5.25. The summed E-state index contributed by atoms with van der Waals surface area (Å²) in [5.41, 5.74) is 1.27. The molecule has 5 heteroatoms. The molecule has 0 aliphatic carbocycles. The Morgan fingerprint density at radius 3 is 2.72 bits per heavy atom. The topological polar surface area (TPSA) is 42.0 Å². The minimum absolute atomic E-state index is 0.0879. The Morgan fingerprint density at radius 1 is 1.33 bits per heavy atom. The Balaban J connectivity index is 2.18. The highest BCUT2D eigenvalue weighted by Crippen LogP contribution is 2.19. The summed E-state index contributed by atoms with van der Waals surface area (Å²) in [5.74, 6) is -0.986. The van der Waals surface area contributed by atoms with Gasteiger partial charge in [-0.3, -0.25) is 9.78 Å². The number of nitrogens with one attached hydrogen (secondary N) is 1. The maximum absolute atomic E-state index is 13.5. The van der Waals surface area contributed by atoms with E-state index >= 15 is 0 Å². The molecule has 0 unspecified atom stereocenters. The van der Waals surface area contributed by atoms with Crippen LogP contribution in [0.15, 0.2) is 36.5 Å². The predicted octanol–water partition coefficient (Wildman–Crippen LogP) is 3.43. The SMILES string of the molecule is Cc1ccc(C(=O)Nc2ccc(Cl)cc2F)cn1. The van der Waals surface area contributed by atoms with Gasteiger partial charge < -0.3 is 5.32 Å². The molecular formula is C13H10ClFN2O. The first-order chi connectivity index (χ1) is 8.56. The summed E-state index contributed by atoms with van der Waals surface area (Å²) in [6, 6.07) is 7.41. The largest absolute Gasteiger partial charge is 0.319 e. The van der Waals surface area contributed by atoms with Crippen molar-refractivity contribution in [1.82, 2.24) is 4.98 Å². The highest BCUT2D eigenvalue weighted by molar-refractivity contribution is 6.30. The van der Waals surface area contributed by atoms with E-state index < -0.39 is 11.7 Å². The van der Waals surface area contributed by atoms with Crippen LogP contribution in [0, 0.1) is 12.7 Å². The molecule has 2 aromatic rings. The van der Waals surface area contributed by atoms with Gasteiger partial charge in [-0.1, -0.05) is 11.6 Å². The van der Waals surface area contributed by atoms with Crippen molar-refractivity contribution in [2.45, 2.75) is 6.92 Å². The zero-order valence-electron chi connectivity index (χ0n) is 9.58. The van der Waals surface area contributed by atoms with Crippen molar-refractivity contribution in [3.8, 4) is 0 Å². The standard InChI is InChI=1S/C13H10ClFN2O/c1-8-2-3-9(7-16-8)13(18)17-12-5-4-10(14)6-11(12)15/h2-7H,1H3,(H,17,18). The molecule has 92 valence electrons. The van der Waals surface area contributed by atoms with E-state index in [-0.39, 0.29) is 10.7 Å². The molecule has 0 bridgehead atoms. The van der Waals surface area contributed by atoms with Crippen LogP contribution in [-0.4, -0.2) is 10.9 Å². The quantitative estimate of drug-likeness (QED) is 0.903. The third kappa shape index (κ3) is 2.84. The first-order valence-corrected chi connectivity index (χ1v) is 5.63. The van der Waals surface area contributed by atoms with Gasteiger partial charge in [0.25, 0.3) is 5.91 Å². The van der Waals surface area contributed by atoms with Crippen molar-refractivity contribution in [2.75, 3.05) is 5.32 Å². The first kappa shape index (κ1) is 12.5. The van der Waals surface area contributed by atoms with Gasteiger partial charge in [0, 0.05) is 16.9 Å². The molecule has 0 fully saturated rings. The Bertz CT molecular complexity index is 584. The van der Waals surface area contributed by atoms with E-state index in [0.29, 0.717) is 5.56 Å². The van der Waals surface area contributed by atoms with E-state index in [0.717, 1.165) is 11.8 Å². The van der Waals surface area contributed by atoms with Gasteiger partial charge in [0.15, 0.2) is 0 Å². The summed E-state index contributed by atoms with van der Waals surface area (Å²) in [6.07, 6.45) is 1.44. The van der Waals surface area contributed by atoms with Crippen LogP contribution >= 0.6 is 11.6 Å². The van der Waals surface area contributed by atoms with E-state index in [1.165, 1.54) is 18.3 Å². The van der Waals surface area contributed by atoms with Crippen molar-refractivity contribution < 1.29 is 9.18 Å². The summed E-state index contributed by atoms with van der Waals surface area (Å²) < 4.78 is 13.5. The lowest BCUT2D eigenvalue weighted by molar-refractivity contribution is 0.102. The maximum atomic E-state index is 13.5. The van der Waals surface area contributed by atoms with Crippen LogP contribution in [0.2, 0.25) is 5.02 Å². The molecule has 1 aromatic carbocycles. The summed E-state index contributed by atoms with van der Waals surface area (Å²) in [7, 11) is 0. The summed E-state index contributed by atoms with van der Waals surface area (Å²) in [4.78, 5) is 15.8. The number of benzene rings is 1. The van der Waals surface area contributed by atoms with E-state index in [1.807, 2.05) is 6.92 Å². The van der Waals surface area contributed by atoms with Crippen molar-refractivity contribution >= 4 is 23.2 Å². The van der Waals surface area contributed by atoms with Crippen LogP contribution in [0.25, 0.3) is 0 Å². The zero-order chi connectivity index (χ0) is 13.1. The lowest BCUT2D eigenvalue weighted by Crippen LogP contribution is -2.13. The highest BCUT2D eigenvalue weighted by atomic mass is 35.5. The Hall–Kier alpha value is -1.94. The van der Waals surface area contributed by atoms with Gasteiger partial charge in [0.2, 0.25) is 0 Å². The van der Waals surface area contributed by atoms with E-state index in [2.05, 4.69) is 10.3 Å². The Morgan fingerprint density at radius 2 is 2.11 bits per heavy atom. The molecule has 0 spiro atoms. The lowest BCUT2D eigenvalue weighted by Gasteiger charge is -2.06. The molecule has 3 nitrogen and oxygen atoms in total. The fourth-order valence-electron chi connectivity index (χ4n) is 1.39. The van der Waals surface area contributed by atoms with Crippen LogP contribution in [0.3, 0.4) is 0 Å². The number of nitrogens with zero attached hydrogens (tertiary/aromatic N) is 1. The smallest absolute Gasteiger partial charge is 0.257 e. The van der Waals surface area contributed by atoms with Gasteiger partial charge in [-0.2, -0.15) is 0 Å². The minimum atomic E-state index is -0.573. The number of carbonyl (C=O) groups is 1. The van der Waals surface area contributed by atoms with Gasteiger partial charge >= 0.3 is 0 Å². The van der Waals surface area contributed by atoms with E-state index in [1.54, 1.807) is 12.1 Å². The Kier molecular flexibility index (Phi) is 3.58. The van der Waals surface area contributed by atoms with E-state index in [4.69, 9.17) is 11.6 Å². The van der Waals surface area contributed by atoms with Crippen molar-refractivity contribution in [3.63, 3.8) is 0 Å². The number of pyridine rings is 1. The molecule has 0 aliphatic rings. The van der Waals surface area contributed by atoms with Crippen LogP contribution in [0.4, 0.5) is 10.1 Å². The second-order valence-electron chi connectivity index (χ2n) is 3.77. The fraction of sp³-hybridized carbons (Fsp3) is 0.0769. The van der Waals surface area contributed by atoms with Crippen LogP contribution in [-0.2, 0) is 0 Å². The number of rotatable bonds is 2. The maximum Gasteiger partial charge on any atom is 0.257 e. The minimum Gasteiger partial charge on any atom is -0.319 e. The molecule has 0 saturated carbocycles. The molecule has 2 rings (SSSR count). The predicted molar refractivity (Wildman–Crippen MR) is 68.3 cm³/mol. The molecule has 1 heterocycles. The number of aryl methyl sites for hydroxylation is 1. The molecule has 1 amide bonds. The number of carbonyl (C=O) groups excluding carboxylic acids is 1.